The fraction of sp³-hybridized carbons (Fsp3) is 0.222. The van der Waals surface area contributed by atoms with Gasteiger partial charge in [-0.05, 0) is 43.7 Å². The molecule has 0 saturated heterocycles. The Kier molecular flexibility index (Phi) is 4.12. The summed E-state index contributed by atoms with van der Waals surface area (Å²) >= 11 is 0. The Hall–Kier alpha value is -2.66. The number of nitrogens with zero attached hydrogens (tertiary/aromatic N) is 2. The molecule has 5 nitrogen and oxygen atoms in total. The van der Waals surface area contributed by atoms with Crippen LogP contribution < -0.4 is 5.32 Å². The molecule has 0 bridgehead atoms. The third-order valence-electron chi connectivity index (χ3n) is 3.66. The number of amides is 1. The molecule has 3 rings (SSSR count). The summed E-state index contributed by atoms with van der Waals surface area (Å²) in [6.45, 7) is 3.73. The van der Waals surface area contributed by atoms with Crippen LogP contribution in [0.2, 0.25) is 0 Å². The minimum absolute atomic E-state index is 0.106. The number of imidazole rings is 1. The predicted octanol–water partition coefficient (Wildman–Crippen LogP) is 3.04. The maximum absolute atomic E-state index is 12.4. The SMILES string of the molecule is Cc1cccc(NC(=O)Cn2c(C(C)O)nc3ccccc32)c1. The van der Waals surface area contributed by atoms with Gasteiger partial charge in [-0.2, -0.15) is 0 Å². The summed E-state index contributed by atoms with van der Waals surface area (Å²) in [7, 11) is 0. The molecule has 1 heterocycles. The molecular formula is C18H19N3O2. The number of anilines is 1. The highest BCUT2D eigenvalue weighted by atomic mass is 16.3. The maximum Gasteiger partial charge on any atom is 0.244 e. The zero-order valence-corrected chi connectivity index (χ0v) is 13.2. The second-order valence-electron chi connectivity index (χ2n) is 5.64. The van der Waals surface area contributed by atoms with Crippen LogP contribution in [-0.2, 0) is 11.3 Å². The van der Waals surface area contributed by atoms with Crippen LogP contribution in [0.3, 0.4) is 0 Å². The molecule has 2 aromatic carbocycles. The van der Waals surface area contributed by atoms with Crippen LogP contribution in [0.4, 0.5) is 5.69 Å². The Morgan fingerprint density at radius 2 is 2.04 bits per heavy atom. The number of para-hydroxylation sites is 2. The molecule has 2 N–H and O–H groups in total. The Labute approximate surface area is 134 Å². The van der Waals surface area contributed by atoms with E-state index in [1.165, 1.54) is 0 Å². The molecule has 1 aromatic heterocycles. The standard InChI is InChI=1S/C18H19N3O2/c1-12-6-5-7-14(10-12)19-17(23)11-21-16-9-4-3-8-15(16)20-18(21)13(2)22/h3-10,13,22H,11H2,1-2H3,(H,19,23). The van der Waals surface area contributed by atoms with Gasteiger partial charge in [-0.15, -0.1) is 0 Å². The average Bonchev–Trinajstić information content (AvgIpc) is 2.86. The summed E-state index contributed by atoms with van der Waals surface area (Å²) in [6.07, 6.45) is -0.742. The van der Waals surface area contributed by atoms with E-state index < -0.39 is 6.10 Å². The number of aliphatic hydroxyl groups excluding tert-OH is 1. The van der Waals surface area contributed by atoms with Crippen LogP contribution in [0.5, 0.6) is 0 Å². The monoisotopic (exact) mass is 309 g/mol. The van der Waals surface area contributed by atoms with Gasteiger partial charge in [-0.25, -0.2) is 4.98 Å². The van der Waals surface area contributed by atoms with Crippen molar-refractivity contribution in [3.63, 3.8) is 0 Å². The van der Waals surface area contributed by atoms with Gasteiger partial charge >= 0.3 is 0 Å². The first-order valence-corrected chi connectivity index (χ1v) is 7.54. The molecule has 1 atom stereocenters. The van der Waals surface area contributed by atoms with Gasteiger partial charge in [0.2, 0.25) is 5.91 Å². The van der Waals surface area contributed by atoms with Crippen molar-refractivity contribution < 1.29 is 9.90 Å². The van der Waals surface area contributed by atoms with E-state index in [4.69, 9.17) is 0 Å². The lowest BCUT2D eigenvalue weighted by molar-refractivity contribution is -0.116. The largest absolute Gasteiger partial charge is 0.385 e. The first-order chi connectivity index (χ1) is 11.0. The number of nitrogens with one attached hydrogen (secondary N) is 1. The van der Waals surface area contributed by atoms with Crippen LogP contribution in [0.25, 0.3) is 11.0 Å². The lowest BCUT2D eigenvalue weighted by Crippen LogP contribution is -2.20. The van der Waals surface area contributed by atoms with Crippen molar-refractivity contribution in [3.8, 4) is 0 Å². The number of fused-ring (bicyclic) bond motifs is 1. The summed E-state index contributed by atoms with van der Waals surface area (Å²) in [5.41, 5.74) is 3.45. The number of aliphatic hydroxyl groups is 1. The second-order valence-corrected chi connectivity index (χ2v) is 5.64. The van der Waals surface area contributed by atoms with Crippen molar-refractivity contribution >= 4 is 22.6 Å². The summed E-state index contributed by atoms with van der Waals surface area (Å²) in [5, 5.41) is 12.8. The number of carbonyl (C=O) groups excluding carboxylic acids is 1. The lowest BCUT2D eigenvalue weighted by Gasteiger charge is -2.11. The Morgan fingerprint density at radius 3 is 2.78 bits per heavy atom. The van der Waals surface area contributed by atoms with Gasteiger partial charge in [0.05, 0.1) is 11.0 Å². The number of aromatic nitrogens is 2. The fourth-order valence-corrected chi connectivity index (χ4v) is 2.65. The van der Waals surface area contributed by atoms with E-state index in [1.807, 2.05) is 55.5 Å². The molecule has 3 aromatic rings. The average molecular weight is 309 g/mol. The highest BCUT2D eigenvalue weighted by Gasteiger charge is 2.16. The van der Waals surface area contributed by atoms with E-state index in [9.17, 15) is 9.90 Å². The molecule has 0 aliphatic heterocycles. The van der Waals surface area contributed by atoms with Crippen LogP contribution >= 0.6 is 0 Å². The quantitative estimate of drug-likeness (QED) is 0.778. The van der Waals surface area contributed by atoms with Gasteiger partial charge in [-0.3, -0.25) is 4.79 Å². The van der Waals surface area contributed by atoms with Gasteiger partial charge < -0.3 is 15.0 Å². The van der Waals surface area contributed by atoms with Crippen molar-refractivity contribution in [2.24, 2.45) is 0 Å². The number of hydrogen-bond donors (Lipinski definition) is 2. The molecule has 0 radical (unpaired) electrons. The van der Waals surface area contributed by atoms with Crippen molar-refractivity contribution in [1.82, 2.24) is 9.55 Å². The summed E-state index contributed by atoms with van der Waals surface area (Å²) in [4.78, 5) is 16.8. The summed E-state index contributed by atoms with van der Waals surface area (Å²) < 4.78 is 1.76. The van der Waals surface area contributed by atoms with E-state index in [0.29, 0.717) is 5.82 Å². The number of hydrogen-bond acceptors (Lipinski definition) is 3. The molecule has 118 valence electrons. The van der Waals surface area contributed by atoms with E-state index in [0.717, 1.165) is 22.3 Å². The zero-order chi connectivity index (χ0) is 16.4. The van der Waals surface area contributed by atoms with Crippen LogP contribution in [0, 0.1) is 6.92 Å². The topological polar surface area (TPSA) is 67.2 Å². The molecule has 0 aliphatic rings. The van der Waals surface area contributed by atoms with Crippen molar-refractivity contribution in [2.45, 2.75) is 26.5 Å². The molecule has 5 heteroatoms. The second kappa shape index (κ2) is 6.22. The van der Waals surface area contributed by atoms with Crippen LogP contribution in [0.1, 0.15) is 24.4 Å². The number of rotatable bonds is 4. The first-order valence-electron chi connectivity index (χ1n) is 7.54. The molecule has 0 saturated carbocycles. The molecule has 1 unspecified atom stereocenters. The van der Waals surface area contributed by atoms with E-state index in [-0.39, 0.29) is 12.5 Å². The van der Waals surface area contributed by atoms with E-state index in [1.54, 1.807) is 11.5 Å². The molecular weight excluding hydrogens is 290 g/mol. The van der Waals surface area contributed by atoms with Crippen molar-refractivity contribution in [3.05, 3.63) is 59.9 Å². The number of benzene rings is 2. The smallest absolute Gasteiger partial charge is 0.244 e. The van der Waals surface area contributed by atoms with Crippen molar-refractivity contribution in [2.75, 3.05) is 5.32 Å². The van der Waals surface area contributed by atoms with Gasteiger partial charge in [0, 0.05) is 5.69 Å². The minimum Gasteiger partial charge on any atom is -0.385 e. The predicted molar refractivity (Wildman–Crippen MR) is 90.2 cm³/mol. The summed E-state index contributed by atoms with van der Waals surface area (Å²) in [5.74, 6) is 0.339. The molecule has 0 aliphatic carbocycles. The third-order valence-corrected chi connectivity index (χ3v) is 3.66. The molecule has 0 fully saturated rings. The van der Waals surface area contributed by atoms with E-state index in [2.05, 4.69) is 10.3 Å². The Bertz CT molecular complexity index is 852. The van der Waals surface area contributed by atoms with Gasteiger partial charge in [0.15, 0.2) is 0 Å². The van der Waals surface area contributed by atoms with Crippen LogP contribution in [0.15, 0.2) is 48.5 Å². The Balaban J connectivity index is 1.88. The van der Waals surface area contributed by atoms with Gasteiger partial charge in [0.1, 0.15) is 18.5 Å². The highest BCUT2D eigenvalue weighted by molar-refractivity contribution is 5.91. The Morgan fingerprint density at radius 1 is 1.26 bits per heavy atom. The molecule has 23 heavy (non-hydrogen) atoms. The summed E-state index contributed by atoms with van der Waals surface area (Å²) in [6, 6.07) is 15.2. The first kappa shape index (κ1) is 15.2. The highest BCUT2D eigenvalue weighted by Crippen LogP contribution is 2.21. The van der Waals surface area contributed by atoms with Crippen molar-refractivity contribution in [1.29, 1.82) is 0 Å². The zero-order valence-electron chi connectivity index (χ0n) is 13.2. The van der Waals surface area contributed by atoms with Gasteiger partial charge in [-0.1, -0.05) is 24.3 Å². The third kappa shape index (κ3) is 3.24. The number of carbonyl (C=O) groups is 1. The normalized spacial score (nSPS) is 12.3. The lowest BCUT2D eigenvalue weighted by atomic mass is 10.2. The fourth-order valence-electron chi connectivity index (χ4n) is 2.65. The van der Waals surface area contributed by atoms with Crippen LogP contribution in [-0.4, -0.2) is 20.6 Å². The minimum atomic E-state index is -0.742. The number of aryl methyl sites for hydroxylation is 1. The maximum atomic E-state index is 12.4. The van der Waals surface area contributed by atoms with Gasteiger partial charge in [0.25, 0.3) is 0 Å². The molecule has 0 spiro atoms. The molecule has 1 amide bonds. The van der Waals surface area contributed by atoms with E-state index >= 15 is 0 Å².